The highest BCUT2D eigenvalue weighted by atomic mass is 35.5. The Labute approximate surface area is 174 Å². The van der Waals surface area contributed by atoms with E-state index in [-0.39, 0.29) is 18.1 Å². The first-order valence-corrected chi connectivity index (χ1v) is 9.29. The molecule has 0 radical (unpaired) electrons. The van der Waals surface area contributed by atoms with E-state index in [0.717, 1.165) is 10.7 Å². The number of alkyl halides is 3. The highest BCUT2D eigenvalue weighted by Gasteiger charge is 2.34. The first kappa shape index (κ1) is 21.8. The van der Waals surface area contributed by atoms with E-state index in [0.29, 0.717) is 16.9 Å². The second kappa shape index (κ2) is 8.47. The molecular formula is C19H18ClF4N5O. The summed E-state index contributed by atoms with van der Waals surface area (Å²) >= 11 is 6.00. The molecule has 160 valence electrons. The largest absolute Gasteiger partial charge is 0.435 e. The van der Waals surface area contributed by atoms with E-state index in [1.165, 1.54) is 29.9 Å². The summed E-state index contributed by atoms with van der Waals surface area (Å²) in [5, 5.41) is 10.6. The fourth-order valence-electron chi connectivity index (χ4n) is 2.78. The van der Waals surface area contributed by atoms with Gasteiger partial charge in [0.1, 0.15) is 5.82 Å². The van der Waals surface area contributed by atoms with Crippen molar-refractivity contribution in [2.24, 2.45) is 5.92 Å². The Morgan fingerprint density at radius 1 is 1.30 bits per heavy atom. The van der Waals surface area contributed by atoms with Gasteiger partial charge in [-0.25, -0.2) is 4.39 Å². The number of nitrogens with one attached hydrogen (secondary N) is 1. The number of aromatic nitrogens is 4. The number of amides is 1. The zero-order valence-electron chi connectivity index (χ0n) is 16.0. The number of benzene rings is 1. The van der Waals surface area contributed by atoms with Gasteiger partial charge in [-0.15, -0.1) is 0 Å². The molecule has 0 saturated carbocycles. The van der Waals surface area contributed by atoms with Gasteiger partial charge in [0.15, 0.2) is 5.69 Å². The van der Waals surface area contributed by atoms with Gasteiger partial charge in [0, 0.05) is 16.9 Å². The van der Waals surface area contributed by atoms with Crippen LogP contribution < -0.4 is 5.32 Å². The van der Waals surface area contributed by atoms with E-state index in [1.54, 1.807) is 19.2 Å². The molecule has 0 aliphatic carbocycles. The first-order valence-electron chi connectivity index (χ1n) is 8.92. The Morgan fingerprint density at radius 2 is 2.03 bits per heavy atom. The lowest BCUT2D eigenvalue weighted by molar-refractivity contribution is -0.141. The van der Waals surface area contributed by atoms with Crippen molar-refractivity contribution in [2.45, 2.75) is 33.1 Å². The molecule has 1 N–H and O–H groups in total. The summed E-state index contributed by atoms with van der Waals surface area (Å²) in [5.74, 6) is -1.47. The lowest BCUT2D eigenvalue weighted by atomic mass is 10.1. The van der Waals surface area contributed by atoms with Crippen molar-refractivity contribution in [3.63, 3.8) is 0 Å². The van der Waals surface area contributed by atoms with Crippen LogP contribution >= 0.6 is 11.6 Å². The molecule has 6 nitrogen and oxygen atoms in total. The normalized spacial score (nSPS) is 12.8. The topological polar surface area (TPSA) is 64.7 Å². The van der Waals surface area contributed by atoms with Crippen LogP contribution in [0.4, 0.5) is 23.2 Å². The maximum absolute atomic E-state index is 13.1. The summed E-state index contributed by atoms with van der Waals surface area (Å²) in [5.41, 5.74) is 0.389. The summed E-state index contributed by atoms with van der Waals surface area (Å²) in [6.45, 7) is 3.36. The summed E-state index contributed by atoms with van der Waals surface area (Å²) in [7, 11) is 0. The Kier molecular flexibility index (Phi) is 6.16. The van der Waals surface area contributed by atoms with Gasteiger partial charge in [0.05, 0.1) is 30.9 Å². The van der Waals surface area contributed by atoms with Crippen molar-refractivity contribution >= 4 is 23.2 Å². The van der Waals surface area contributed by atoms with Crippen molar-refractivity contribution in [1.82, 2.24) is 19.6 Å². The molecule has 2 aromatic heterocycles. The number of nitrogens with zero attached hydrogens (tertiary/aromatic N) is 4. The Hall–Kier alpha value is -2.88. The molecule has 2 heterocycles. The van der Waals surface area contributed by atoms with Crippen LogP contribution in [-0.4, -0.2) is 25.5 Å². The molecule has 0 saturated heterocycles. The minimum absolute atomic E-state index is 0.00687. The van der Waals surface area contributed by atoms with Crippen LogP contribution in [0, 0.1) is 18.7 Å². The molecule has 0 aliphatic heterocycles. The molecule has 3 rings (SSSR count). The van der Waals surface area contributed by atoms with Gasteiger partial charge >= 0.3 is 6.18 Å². The van der Waals surface area contributed by atoms with Crippen molar-refractivity contribution in [3.05, 3.63) is 64.5 Å². The summed E-state index contributed by atoms with van der Waals surface area (Å²) in [6, 6.07) is 4.97. The summed E-state index contributed by atoms with van der Waals surface area (Å²) < 4.78 is 54.1. The maximum atomic E-state index is 13.1. The molecule has 3 aromatic rings. The lowest BCUT2D eigenvalue weighted by Gasteiger charge is -2.12. The van der Waals surface area contributed by atoms with Crippen molar-refractivity contribution in [1.29, 1.82) is 0 Å². The standard InChI is InChI=1S/C19H18ClF4N5O/c1-11(8-29-12(2)5-17(27-29)19(22,23)24)18(30)26-15-7-25-28(10-15)9-13-3-4-14(21)6-16(13)20/h3-7,10-11H,8-9H2,1-2H3,(H,26,30). The number of carbonyl (C=O) groups excluding carboxylic acids is 1. The quantitative estimate of drug-likeness (QED) is 0.570. The number of hydrogen-bond donors (Lipinski definition) is 1. The van der Waals surface area contributed by atoms with Crippen LogP contribution in [0.25, 0.3) is 0 Å². The minimum Gasteiger partial charge on any atom is -0.323 e. The highest BCUT2D eigenvalue weighted by Crippen LogP contribution is 2.28. The van der Waals surface area contributed by atoms with Crippen LogP contribution in [0.2, 0.25) is 5.02 Å². The average Bonchev–Trinajstić information content (AvgIpc) is 3.24. The van der Waals surface area contributed by atoms with Crippen molar-refractivity contribution in [3.8, 4) is 0 Å². The lowest BCUT2D eigenvalue weighted by Crippen LogP contribution is -2.25. The Morgan fingerprint density at radius 3 is 2.67 bits per heavy atom. The Bertz CT molecular complexity index is 1060. The van der Waals surface area contributed by atoms with Crippen LogP contribution in [0.3, 0.4) is 0 Å². The SMILES string of the molecule is Cc1cc(C(F)(F)F)nn1CC(C)C(=O)Nc1cnn(Cc2ccc(F)cc2Cl)c1. The maximum Gasteiger partial charge on any atom is 0.435 e. The van der Waals surface area contributed by atoms with E-state index >= 15 is 0 Å². The fraction of sp³-hybridized carbons (Fsp3) is 0.316. The third kappa shape index (κ3) is 5.18. The van der Waals surface area contributed by atoms with E-state index < -0.39 is 29.5 Å². The molecule has 1 amide bonds. The monoisotopic (exact) mass is 443 g/mol. The van der Waals surface area contributed by atoms with E-state index in [1.807, 2.05) is 0 Å². The number of anilines is 1. The molecule has 0 aliphatic rings. The number of rotatable bonds is 6. The average molecular weight is 444 g/mol. The van der Waals surface area contributed by atoms with Crippen molar-refractivity contribution in [2.75, 3.05) is 5.32 Å². The molecule has 30 heavy (non-hydrogen) atoms. The molecule has 1 atom stereocenters. The second-order valence-corrected chi connectivity index (χ2v) is 7.31. The minimum atomic E-state index is -4.54. The predicted molar refractivity (Wildman–Crippen MR) is 102 cm³/mol. The van der Waals surface area contributed by atoms with Crippen LogP contribution in [-0.2, 0) is 24.1 Å². The predicted octanol–water partition coefficient (Wildman–Crippen LogP) is 4.52. The third-order valence-electron chi connectivity index (χ3n) is 4.41. The molecular weight excluding hydrogens is 426 g/mol. The first-order chi connectivity index (χ1) is 14.0. The van der Waals surface area contributed by atoms with Crippen LogP contribution in [0.5, 0.6) is 0 Å². The van der Waals surface area contributed by atoms with Crippen LogP contribution in [0.1, 0.15) is 23.9 Å². The number of aryl methyl sites for hydroxylation is 1. The number of carbonyl (C=O) groups is 1. The van der Waals surface area contributed by atoms with Gasteiger partial charge < -0.3 is 5.32 Å². The Balaban J connectivity index is 1.61. The summed E-state index contributed by atoms with van der Waals surface area (Å²) in [4.78, 5) is 12.4. The molecule has 11 heteroatoms. The van der Waals surface area contributed by atoms with Gasteiger partial charge in [-0.05, 0) is 30.7 Å². The van der Waals surface area contributed by atoms with E-state index in [9.17, 15) is 22.4 Å². The summed E-state index contributed by atoms with van der Waals surface area (Å²) in [6.07, 6.45) is -1.53. The fourth-order valence-corrected chi connectivity index (χ4v) is 3.01. The molecule has 0 spiro atoms. The van der Waals surface area contributed by atoms with E-state index in [2.05, 4.69) is 15.5 Å². The smallest absolute Gasteiger partial charge is 0.323 e. The van der Waals surface area contributed by atoms with Crippen molar-refractivity contribution < 1.29 is 22.4 Å². The van der Waals surface area contributed by atoms with Gasteiger partial charge in [-0.1, -0.05) is 24.6 Å². The molecule has 1 aromatic carbocycles. The van der Waals surface area contributed by atoms with Gasteiger partial charge in [0.25, 0.3) is 0 Å². The van der Waals surface area contributed by atoms with Gasteiger partial charge in [-0.2, -0.15) is 23.4 Å². The molecule has 0 fully saturated rings. The zero-order valence-corrected chi connectivity index (χ0v) is 16.8. The number of halogens is 5. The zero-order chi connectivity index (χ0) is 22.1. The second-order valence-electron chi connectivity index (χ2n) is 6.90. The highest BCUT2D eigenvalue weighted by molar-refractivity contribution is 6.31. The van der Waals surface area contributed by atoms with Crippen LogP contribution in [0.15, 0.2) is 36.7 Å². The van der Waals surface area contributed by atoms with Gasteiger partial charge in [0.2, 0.25) is 5.91 Å². The van der Waals surface area contributed by atoms with E-state index in [4.69, 9.17) is 11.6 Å². The number of hydrogen-bond acceptors (Lipinski definition) is 3. The molecule has 1 unspecified atom stereocenters. The molecule has 0 bridgehead atoms. The third-order valence-corrected chi connectivity index (χ3v) is 4.77. The van der Waals surface area contributed by atoms with Gasteiger partial charge in [-0.3, -0.25) is 14.2 Å².